The smallest absolute Gasteiger partial charge is 0.302 e. The number of rotatable bonds is 3. The molecule has 0 spiro atoms. The van der Waals surface area contributed by atoms with E-state index in [0.717, 1.165) is 44.9 Å². The quantitative estimate of drug-likeness (QED) is 0.496. The molecule has 0 bridgehead atoms. The average Bonchev–Trinajstić information content (AvgIpc) is 2.92. The zero-order chi connectivity index (χ0) is 21.8. The molecule has 0 amide bonds. The summed E-state index contributed by atoms with van der Waals surface area (Å²) in [5.41, 5.74) is 1.51. The lowest BCUT2D eigenvalue weighted by Crippen LogP contribution is -2.51. The van der Waals surface area contributed by atoms with Crippen molar-refractivity contribution >= 4 is 17.7 Å². The molecule has 0 aromatic rings. The van der Waals surface area contributed by atoms with Crippen molar-refractivity contribution in [3.8, 4) is 0 Å². The highest BCUT2D eigenvalue weighted by Crippen LogP contribution is 2.66. The third-order valence-corrected chi connectivity index (χ3v) is 9.15. The first kappa shape index (κ1) is 21.6. The third-order valence-electron chi connectivity index (χ3n) is 9.15. The number of fused-ring (bicyclic) bond motifs is 5. The van der Waals surface area contributed by atoms with Crippen molar-refractivity contribution in [1.82, 2.24) is 0 Å². The van der Waals surface area contributed by atoms with Crippen LogP contribution in [0.15, 0.2) is 11.6 Å². The largest absolute Gasteiger partial charge is 0.462 e. The number of esters is 2. The number of ketones is 1. The van der Waals surface area contributed by atoms with Crippen molar-refractivity contribution in [1.29, 1.82) is 0 Å². The van der Waals surface area contributed by atoms with Crippen molar-refractivity contribution in [2.75, 3.05) is 0 Å². The normalized spacial score (nSPS) is 44.8. The molecule has 0 aliphatic heterocycles. The van der Waals surface area contributed by atoms with E-state index >= 15 is 0 Å². The predicted molar refractivity (Wildman–Crippen MR) is 112 cm³/mol. The fourth-order valence-corrected chi connectivity index (χ4v) is 8.01. The highest BCUT2D eigenvalue weighted by molar-refractivity contribution is 5.81. The molecule has 0 heterocycles. The first-order valence-electron chi connectivity index (χ1n) is 11.6. The van der Waals surface area contributed by atoms with Gasteiger partial charge in [0, 0.05) is 20.3 Å². The van der Waals surface area contributed by atoms with Gasteiger partial charge in [0.15, 0.2) is 0 Å². The second-order valence-electron chi connectivity index (χ2n) is 10.8. The van der Waals surface area contributed by atoms with Crippen LogP contribution < -0.4 is 0 Å². The second-order valence-corrected chi connectivity index (χ2v) is 10.8. The molecule has 0 radical (unpaired) electrons. The average molecular weight is 417 g/mol. The van der Waals surface area contributed by atoms with E-state index in [1.165, 1.54) is 19.4 Å². The van der Waals surface area contributed by atoms with Crippen LogP contribution in [-0.2, 0) is 23.9 Å². The lowest BCUT2D eigenvalue weighted by molar-refractivity contribution is -0.152. The topological polar surface area (TPSA) is 69.7 Å². The molecule has 0 saturated heterocycles. The number of hydrogen-bond acceptors (Lipinski definition) is 5. The van der Waals surface area contributed by atoms with E-state index in [1.54, 1.807) is 6.92 Å². The van der Waals surface area contributed by atoms with Crippen molar-refractivity contribution in [3.63, 3.8) is 0 Å². The molecule has 3 saturated carbocycles. The number of hydrogen-bond donors (Lipinski definition) is 0. The molecule has 0 unspecified atom stereocenters. The summed E-state index contributed by atoms with van der Waals surface area (Å²) in [5.74, 6) is 0.990. The summed E-state index contributed by atoms with van der Waals surface area (Å²) in [6, 6.07) is 0. The summed E-state index contributed by atoms with van der Waals surface area (Å²) in [6.45, 7) is 9.28. The Hall–Kier alpha value is -1.65. The van der Waals surface area contributed by atoms with E-state index in [2.05, 4.69) is 19.9 Å². The second kappa shape index (κ2) is 7.49. The van der Waals surface area contributed by atoms with E-state index in [0.29, 0.717) is 17.8 Å². The molecule has 0 aromatic carbocycles. The molecule has 4 aliphatic carbocycles. The molecule has 30 heavy (non-hydrogen) atoms. The molecule has 0 N–H and O–H groups in total. The van der Waals surface area contributed by atoms with Crippen molar-refractivity contribution < 1.29 is 23.9 Å². The van der Waals surface area contributed by atoms with Crippen LogP contribution >= 0.6 is 0 Å². The van der Waals surface area contributed by atoms with Gasteiger partial charge in [-0.2, -0.15) is 0 Å². The van der Waals surface area contributed by atoms with Crippen LogP contribution in [0.3, 0.4) is 0 Å². The predicted octanol–water partition coefficient (Wildman–Crippen LogP) is 4.63. The van der Waals surface area contributed by atoms with Crippen LogP contribution in [0, 0.1) is 34.5 Å². The molecule has 5 nitrogen and oxygen atoms in total. The van der Waals surface area contributed by atoms with Crippen LogP contribution in [-0.4, -0.2) is 29.9 Å². The number of carbonyl (C=O) groups is 3. The van der Waals surface area contributed by atoms with Gasteiger partial charge in [0.05, 0.1) is 5.92 Å². The molecule has 5 heteroatoms. The van der Waals surface area contributed by atoms with Crippen LogP contribution in [0.4, 0.5) is 0 Å². The maximum Gasteiger partial charge on any atom is 0.302 e. The summed E-state index contributed by atoms with van der Waals surface area (Å²) >= 11 is 0. The van der Waals surface area contributed by atoms with Crippen LogP contribution in [0.5, 0.6) is 0 Å². The van der Waals surface area contributed by atoms with Gasteiger partial charge >= 0.3 is 11.9 Å². The van der Waals surface area contributed by atoms with E-state index in [4.69, 9.17) is 9.47 Å². The number of allylic oxidation sites excluding steroid dienone is 1. The lowest BCUT2D eigenvalue weighted by Gasteiger charge is -2.57. The first-order chi connectivity index (χ1) is 14.1. The fraction of sp³-hybridized carbons (Fsp3) is 0.800. The van der Waals surface area contributed by atoms with Gasteiger partial charge in [0.25, 0.3) is 0 Å². The number of ether oxygens (including phenoxy) is 2. The summed E-state index contributed by atoms with van der Waals surface area (Å²) in [6.07, 6.45) is 8.89. The van der Waals surface area contributed by atoms with Gasteiger partial charge in [0.2, 0.25) is 0 Å². The molecule has 4 aliphatic rings. The van der Waals surface area contributed by atoms with Gasteiger partial charge in [0.1, 0.15) is 18.0 Å². The molecule has 0 aromatic heterocycles. The molecular weight excluding hydrogens is 380 g/mol. The zero-order valence-electron chi connectivity index (χ0n) is 19.0. The highest BCUT2D eigenvalue weighted by Gasteiger charge is 2.63. The lowest BCUT2D eigenvalue weighted by atomic mass is 9.47. The monoisotopic (exact) mass is 416 g/mol. The van der Waals surface area contributed by atoms with Crippen LogP contribution in [0.1, 0.15) is 79.6 Å². The summed E-state index contributed by atoms with van der Waals surface area (Å²) in [5, 5.41) is 0. The Kier molecular flexibility index (Phi) is 5.39. The molecule has 3 fully saturated rings. The Bertz CT molecular complexity index is 784. The Morgan fingerprint density at radius 3 is 2.30 bits per heavy atom. The highest BCUT2D eigenvalue weighted by atomic mass is 16.5. The molecule has 8 atom stereocenters. The molecule has 166 valence electrons. The Morgan fingerprint density at radius 2 is 1.67 bits per heavy atom. The summed E-state index contributed by atoms with van der Waals surface area (Å²) in [7, 11) is 0. The van der Waals surface area contributed by atoms with Crippen molar-refractivity contribution in [2.24, 2.45) is 34.5 Å². The summed E-state index contributed by atoms with van der Waals surface area (Å²) in [4.78, 5) is 35.8. The van der Waals surface area contributed by atoms with Gasteiger partial charge in [-0.1, -0.05) is 25.5 Å². The standard InChI is InChI=1S/C25H36O5/c1-14(26)23-22(30-16(3)28)13-21-19-7-6-17-12-18(29-15(2)27)8-10-24(17,4)20(19)9-11-25(21,23)5/h6,18-23H,7-13H2,1-5H3/t18-,19+,20-,21-,22-,23-,24-,25-/m0/s1. The molecule has 4 rings (SSSR count). The Morgan fingerprint density at radius 1 is 0.967 bits per heavy atom. The van der Waals surface area contributed by atoms with Crippen LogP contribution in [0.2, 0.25) is 0 Å². The van der Waals surface area contributed by atoms with E-state index in [-0.39, 0.29) is 46.7 Å². The van der Waals surface area contributed by atoms with Gasteiger partial charge in [-0.3, -0.25) is 14.4 Å². The Balaban J connectivity index is 1.61. The van der Waals surface area contributed by atoms with Crippen molar-refractivity contribution in [2.45, 2.75) is 91.8 Å². The maximum absolute atomic E-state index is 12.6. The maximum atomic E-state index is 12.6. The van der Waals surface area contributed by atoms with Gasteiger partial charge < -0.3 is 9.47 Å². The Labute approximate surface area is 179 Å². The van der Waals surface area contributed by atoms with Crippen LogP contribution in [0.25, 0.3) is 0 Å². The van der Waals surface area contributed by atoms with Gasteiger partial charge in [-0.15, -0.1) is 0 Å². The SMILES string of the molecule is CC(=O)O[C@H]1CC[C@@]2(C)C(=CC[C@H]3[C@@H]4C[C@H](OC(C)=O)[C@H](C(C)=O)[C@@]4(C)CC[C@@H]32)C1. The van der Waals surface area contributed by atoms with E-state index < -0.39 is 0 Å². The van der Waals surface area contributed by atoms with Crippen molar-refractivity contribution in [3.05, 3.63) is 11.6 Å². The van der Waals surface area contributed by atoms with E-state index in [1.807, 2.05) is 0 Å². The van der Waals surface area contributed by atoms with Gasteiger partial charge in [-0.05, 0) is 74.0 Å². The number of carbonyl (C=O) groups excluding carboxylic acids is 3. The van der Waals surface area contributed by atoms with E-state index in [9.17, 15) is 14.4 Å². The minimum absolute atomic E-state index is 0.00847. The molecular formula is C25H36O5. The number of Topliss-reactive ketones (excluding diaryl/α,β-unsaturated/α-hetero) is 1. The van der Waals surface area contributed by atoms with Gasteiger partial charge in [-0.25, -0.2) is 0 Å². The minimum Gasteiger partial charge on any atom is -0.462 e. The fourth-order valence-electron chi connectivity index (χ4n) is 8.01. The zero-order valence-corrected chi connectivity index (χ0v) is 19.0. The summed E-state index contributed by atoms with van der Waals surface area (Å²) < 4.78 is 11.2. The minimum atomic E-state index is -0.286. The first-order valence-corrected chi connectivity index (χ1v) is 11.6. The third kappa shape index (κ3) is 3.33.